The molecule has 1 aliphatic rings. The maximum atomic E-state index is 11.8. The summed E-state index contributed by atoms with van der Waals surface area (Å²) in [6.07, 6.45) is 4.30. The first kappa shape index (κ1) is 17.7. The highest BCUT2D eigenvalue weighted by molar-refractivity contribution is 5.87. The molecule has 1 aliphatic heterocycles. The van der Waals surface area contributed by atoms with Gasteiger partial charge in [0.25, 0.3) is 0 Å². The van der Waals surface area contributed by atoms with Crippen molar-refractivity contribution in [3.8, 4) is 0 Å². The van der Waals surface area contributed by atoms with E-state index < -0.39 is 11.8 Å². The molecular formula is C19H26O4. The molecule has 0 saturated carbocycles. The van der Waals surface area contributed by atoms with Crippen molar-refractivity contribution >= 4 is 5.97 Å². The lowest BCUT2D eigenvalue weighted by Crippen LogP contribution is -2.42. The predicted molar refractivity (Wildman–Crippen MR) is 89.0 cm³/mol. The molecule has 1 fully saturated rings. The van der Waals surface area contributed by atoms with Crippen LogP contribution in [0.1, 0.15) is 51.7 Å². The van der Waals surface area contributed by atoms with Crippen molar-refractivity contribution in [1.29, 1.82) is 0 Å². The molecule has 2 unspecified atom stereocenters. The minimum Gasteiger partial charge on any atom is -0.478 e. The molecule has 1 saturated heterocycles. The fourth-order valence-corrected chi connectivity index (χ4v) is 2.85. The number of hydrogen-bond donors (Lipinski definition) is 1. The molecule has 0 amide bonds. The molecule has 1 N–H and O–H groups in total. The summed E-state index contributed by atoms with van der Waals surface area (Å²) < 4.78 is 11.8. The Bertz CT molecular complexity index is 548. The Hall–Kier alpha value is -1.65. The Morgan fingerprint density at radius 2 is 2.04 bits per heavy atom. The summed E-state index contributed by atoms with van der Waals surface area (Å²) in [7, 11) is 0. The number of benzene rings is 1. The van der Waals surface area contributed by atoms with E-state index in [0.29, 0.717) is 12.2 Å². The first-order valence-electron chi connectivity index (χ1n) is 8.24. The molecule has 0 spiro atoms. The zero-order valence-electron chi connectivity index (χ0n) is 14.1. The molecule has 1 aromatic rings. The Morgan fingerprint density at radius 1 is 1.35 bits per heavy atom. The van der Waals surface area contributed by atoms with Crippen LogP contribution in [0.25, 0.3) is 0 Å². The molecule has 1 heterocycles. The zero-order valence-corrected chi connectivity index (χ0v) is 14.1. The lowest BCUT2D eigenvalue weighted by atomic mass is 9.87. The average Bonchev–Trinajstić information content (AvgIpc) is 2.52. The van der Waals surface area contributed by atoms with E-state index in [-0.39, 0.29) is 12.0 Å². The maximum Gasteiger partial charge on any atom is 0.331 e. The van der Waals surface area contributed by atoms with E-state index in [9.17, 15) is 9.90 Å². The molecule has 4 nitrogen and oxygen atoms in total. The summed E-state index contributed by atoms with van der Waals surface area (Å²) in [5.41, 5.74) is 1.37. The second kappa shape index (κ2) is 7.75. The van der Waals surface area contributed by atoms with Gasteiger partial charge in [-0.1, -0.05) is 56.2 Å². The van der Waals surface area contributed by atoms with Gasteiger partial charge >= 0.3 is 5.97 Å². The monoisotopic (exact) mass is 318 g/mol. The van der Waals surface area contributed by atoms with Gasteiger partial charge in [0.1, 0.15) is 0 Å². The van der Waals surface area contributed by atoms with Crippen LogP contribution in [0.15, 0.2) is 42.0 Å². The SMILES string of the molecule is CCCCC=C(C(=O)O)C1COC(C)(C)OC1c1ccccc1. The van der Waals surface area contributed by atoms with Crippen molar-refractivity contribution in [3.63, 3.8) is 0 Å². The summed E-state index contributed by atoms with van der Waals surface area (Å²) in [6.45, 7) is 6.16. The Morgan fingerprint density at radius 3 is 2.65 bits per heavy atom. The summed E-state index contributed by atoms with van der Waals surface area (Å²) in [5, 5.41) is 9.64. The summed E-state index contributed by atoms with van der Waals surface area (Å²) in [4.78, 5) is 11.8. The predicted octanol–water partition coefficient (Wildman–Crippen LogP) is 4.33. The van der Waals surface area contributed by atoms with Gasteiger partial charge in [0.05, 0.1) is 12.7 Å². The number of carboxylic acid groups (broad SMARTS) is 1. The van der Waals surface area contributed by atoms with Gasteiger partial charge in [-0.25, -0.2) is 4.79 Å². The standard InChI is InChI=1S/C19H26O4/c1-4-5-7-12-15(18(20)21)16-13-22-19(2,3)23-17(16)14-10-8-6-9-11-14/h6,8-12,16-17H,4-5,7,13H2,1-3H3,(H,20,21). The Labute approximate surface area is 138 Å². The van der Waals surface area contributed by atoms with Crippen LogP contribution in [0, 0.1) is 5.92 Å². The molecule has 0 aliphatic carbocycles. The van der Waals surface area contributed by atoms with Crippen molar-refractivity contribution < 1.29 is 19.4 Å². The quantitative estimate of drug-likeness (QED) is 0.626. The van der Waals surface area contributed by atoms with Crippen LogP contribution in [-0.4, -0.2) is 23.5 Å². The number of hydrogen-bond acceptors (Lipinski definition) is 3. The second-order valence-corrected chi connectivity index (χ2v) is 6.37. The minimum absolute atomic E-state index is 0.306. The first-order chi connectivity index (χ1) is 10.9. The van der Waals surface area contributed by atoms with Gasteiger partial charge in [0, 0.05) is 11.5 Å². The third kappa shape index (κ3) is 4.66. The fourth-order valence-electron chi connectivity index (χ4n) is 2.85. The van der Waals surface area contributed by atoms with Crippen molar-refractivity contribution in [2.24, 2.45) is 5.92 Å². The van der Waals surface area contributed by atoms with Crippen LogP contribution in [0.3, 0.4) is 0 Å². The van der Waals surface area contributed by atoms with Gasteiger partial charge in [0.2, 0.25) is 0 Å². The van der Waals surface area contributed by atoms with Crippen LogP contribution in [0.4, 0.5) is 0 Å². The number of unbranched alkanes of at least 4 members (excludes halogenated alkanes) is 2. The molecule has 2 rings (SSSR count). The number of allylic oxidation sites excluding steroid dienone is 1. The second-order valence-electron chi connectivity index (χ2n) is 6.37. The largest absolute Gasteiger partial charge is 0.478 e. The van der Waals surface area contributed by atoms with Crippen LogP contribution in [-0.2, 0) is 14.3 Å². The summed E-state index contributed by atoms with van der Waals surface area (Å²) >= 11 is 0. The van der Waals surface area contributed by atoms with E-state index in [1.165, 1.54) is 0 Å². The molecule has 0 bridgehead atoms. The Kier molecular flexibility index (Phi) is 5.97. The lowest BCUT2D eigenvalue weighted by molar-refractivity contribution is -0.290. The van der Waals surface area contributed by atoms with Gasteiger partial charge < -0.3 is 14.6 Å². The van der Waals surface area contributed by atoms with Crippen LogP contribution in [0.5, 0.6) is 0 Å². The summed E-state index contributed by atoms with van der Waals surface area (Å²) in [5.74, 6) is -1.91. The molecule has 0 radical (unpaired) electrons. The third-order valence-corrected chi connectivity index (χ3v) is 4.08. The fraction of sp³-hybridized carbons (Fsp3) is 0.526. The molecule has 1 aromatic carbocycles. The van der Waals surface area contributed by atoms with Crippen LogP contribution >= 0.6 is 0 Å². The highest BCUT2D eigenvalue weighted by atomic mass is 16.7. The van der Waals surface area contributed by atoms with Crippen molar-refractivity contribution in [3.05, 3.63) is 47.5 Å². The number of carboxylic acids is 1. The number of ether oxygens (including phenoxy) is 2. The van der Waals surface area contributed by atoms with Gasteiger partial charge in [-0.2, -0.15) is 0 Å². The van der Waals surface area contributed by atoms with E-state index in [2.05, 4.69) is 6.92 Å². The minimum atomic E-state index is -0.890. The highest BCUT2D eigenvalue weighted by Gasteiger charge is 2.40. The average molecular weight is 318 g/mol. The van der Waals surface area contributed by atoms with E-state index in [1.807, 2.05) is 50.3 Å². The highest BCUT2D eigenvalue weighted by Crippen LogP contribution is 2.40. The number of carbonyl (C=O) groups is 1. The third-order valence-electron chi connectivity index (χ3n) is 4.08. The molecular weight excluding hydrogens is 292 g/mol. The zero-order chi connectivity index (χ0) is 16.9. The lowest BCUT2D eigenvalue weighted by Gasteiger charge is -2.41. The molecule has 4 heteroatoms. The number of aliphatic carboxylic acids is 1. The van der Waals surface area contributed by atoms with E-state index in [4.69, 9.17) is 9.47 Å². The van der Waals surface area contributed by atoms with Gasteiger partial charge in [-0.3, -0.25) is 0 Å². The van der Waals surface area contributed by atoms with Crippen LogP contribution < -0.4 is 0 Å². The summed E-state index contributed by atoms with van der Waals surface area (Å²) in [6, 6.07) is 9.78. The molecule has 23 heavy (non-hydrogen) atoms. The van der Waals surface area contributed by atoms with E-state index >= 15 is 0 Å². The van der Waals surface area contributed by atoms with Crippen molar-refractivity contribution in [2.75, 3.05) is 6.61 Å². The number of rotatable bonds is 6. The maximum absolute atomic E-state index is 11.8. The van der Waals surface area contributed by atoms with Gasteiger partial charge in [-0.05, 0) is 25.8 Å². The molecule has 2 atom stereocenters. The van der Waals surface area contributed by atoms with E-state index in [0.717, 1.165) is 24.8 Å². The smallest absolute Gasteiger partial charge is 0.331 e. The normalized spacial score (nSPS) is 24.4. The van der Waals surface area contributed by atoms with E-state index in [1.54, 1.807) is 0 Å². The van der Waals surface area contributed by atoms with Crippen LogP contribution in [0.2, 0.25) is 0 Å². The van der Waals surface area contributed by atoms with Gasteiger partial charge in [-0.15, -0.1) is 0 Å². The molecule has 126 valence electrons. The Balaban J connectivity index is 2.32. The van der Waals surface area contributed by atoms with Crippen molar-refractivity contribution in [1.82, 2.24) is 0 Å². The topological polar surface area (TPSA) is 55.8 Å². The van der Waals surface area contributed by atoms with Gasteiger partial charge in [0.15, 0.2) is 5.79 Å². The van der Waals surface area contributed by atoms with Crippen molar-refractivity contribution in [2.45, 2.75) is 51.9 Å². The molecule has 0 aromatic heterocycles. The first-order valence-corrected chi connectivity index (χ1v) is 8.24.